The van der Waals surface area contributed by atoms with Crippen LogP contribution in [0.5, 0.6) is 0 Å². The first kappa shape index (κ1) is 12.4. The predicted octanol–water partition coefficient (Wildman–Crippen LogP) is 2.95. The van der Waals surface area contributed by atoms with Crippen molar-refractivity contribution < 1.29 is 21.6 Å². The Bertz CT molecular complexity index is 542. The summed E-state index contributed by atoms with van der Waals surface area (Å²) >= 11 is 0. The molecule has 0 atom stereocenters. The van der Waals surface area contributed by atoms with Crippen LogP contribution < -0.4 is 0 Å². The lowest BCUT2D eigenvalue weighted by atomic mass is 10.1. The average molecular weight is 264 g/mol. The van der Waals surface area contributed by atoms with E-state index in [1.165, 1.54) is 13.0 Å². The molecule has 0 N–H and O–H groups in total. The smallest absolute Gasteiger partial charge is 0.223 e. The third kappa shape index (κ3) is 2.31. The highest BCUT2D eigenvalue weighted by atomic mass is 32.2. The van der Waals surface area contributed by atoms with Crippen molar-refractivity contribution in [3.8, 4) is 0 Å². The van der Waals surface area contributed by atoms with Crippen molar-refractivity contribution in [2.24, 2.45) is 0 Å². The standard InChI is InChI=1S/C11H11F3O2S/c1-7-2-3-8(11(12,13)14)6-10(7)17(15,16)9-4-5-9/h2-3,6,9H,4-5H2,1H3. The van der Waals surface area contributed by atoms with Crippen molar-refractivity contribution in [2.75, 3.05) is 0 Å². The maximum Gasteiger partial charge on any atom is 0.416 e. The average Bonchev–Trinajstić information content (AvgIpc) is 2.99. The molecule has 17 heavy (non-hydrogen) atoms. The van der Waals surface area contributed by atoms with Gasteiger partial charge >= 0.3 is 6.18 Å². The molecule has 2 rings (SSSR count). The van der Waals surface area contributed by atoms with E-state index in [-0.39, 0.29) is 4.90 Å². The molecule has 6 heteroatoms. The molecule has 0 saturated heterocycles. The lowest BCUT2D eigenvalue weighted by Gasteiger charge is -2.11. The summed E-state index contributed by atoms with van der Waals surface area (Å²) in [5, 5.41) is -0.496. The topological polar surface area (TPSA) is 34.1 Å². The van der Waals surface area contributed by atoms with Crippen LogP contribution in [0.1, 0.15) is 24.0 Å². The van der Waals surface area contributed by atoms with Crippen molar-refractivity contribution in [3.63, 3.8) is 0 Å². The Morgan fingerprint density at radius 1 is 1.24 bits per heavy atom. The Morgan fingerprint density at radius 3 is 2.29 bits per heavy atom. The second-order valence-corrected chi connectivity index (χ2v) is 6.42. The maximum absolute atomic E-state index is 12.5. The number of sulfone groups is 1. The van der Waals surface area contributed by atoms with E-state index in [9.17, 15) is 21.6 Å². The number of alkyl halides is 3. The van der Waals surface area contributed by atoms with Crippen molar-refractivity contribution in [2.45, 2.75) is 36.1 Å². The fourth-order valence-corrected chi connectivity index (χ4v) is 3.56. The van der Waals surface area contributed by atoms with Crippen LogP contribution in [0.4, 0.5) is 13.2 Å². The number of hydrogen-bond donors (Lipinski definition) is 0. The van der Waals surface area contributed by atoms with E-state index in [2.05, 4.69) is 0 Å². The van der Waals surface area contributed by atoms with Gasteiger partial charge in [-0.15, -0.1) is 0 Å². The lowest BCUT2D eigenvalue weighted by molar-refractivity contribution is -0.137. The van der Waals surface area contributed by atoms with Gasteiger partial charge in [0.15, 0.2) is 9.84 Å². The van der Waals surface area contributed by atoms with Gasteiger partial charge in [-0.05, 0) is 37.5 Å². The van der Waals surface area contributed by atoms with E-state index in [1.54, 1.807) is 0 Å². The number of hydrogen-bond acceptors (Lipinski definition) is 2. The fourth-order valence-electron chi connectivity index (χ4n) is 1.64. The van der Waals surface area contributed by atoms with E-state index >= 15 is 0 Å². The summed E-state index contributed by atoms with van der Waals surface area (Å²) in [4.78, 5) is -0.185. The number of halogens is 3. The summed E-state index contributed by atoms with van der Waals surface area (Å²) in [5.41, 5.74) is -0.549. The predicted molar refractivity (Wildman–Crippen MR) is 56.4 cm³/mol. The fraction of sp³-hybridized carbons (Fsp3) is 0.455. The monoisotopic (exact) mass is 264 g/mol. The Labute approximate surface area is 97.4 Å². The molecule has 94 valence electrons. The highest BCUT2D eigenvalue weighted by molar-refractivity contribution is 7.92. The second kappa shape index (κ2) is 3.73. The van der Waals surface area contributed by atoms with Crippen molar-refractivity contribution in [1.29, 1.82) is 0 Å². The first-order valence-electron chi connectivity index (χ1n) is 5.14. The second-order valence-electron chi connectivity index (χ2n) is 4.22. The third-order valence-electron chi connectivity index (χ3n) is 2.79. The molecule has 0 amide bonds. The SMILES string of the molecule is Cc1ccc(C(F)(F)F)cc1S(=O)(=O)C1CC1. The molecule has 1 aromatic rings. The van der Waals surface area contributed by atoms with Crippen LogP contribution in [0.15, 0.2) is 23.1 Å². The van der Waals surface area contributed by atoms with Gasteiger partial charge in [0.2, 0.25) is 0 Å². The van der Waals surface area contributed by atoms with Crippen LogP contribution in [-0.4, -0.2) is 13.7 Å². The molecule has 0 spiro atoms. The first-order chi connectivity index (χ1) is 7.73. The zero-order valence-electron chi connectivity index (χ0n) is 9.08. The van der Waals surface area contributed by atoms with Crippen LogP contribution >= 0.6 is 0 Å². The van der Waals surface area contributed by atoms with Gasteiger partial charge in [0.1, 0.15) is 0 Å². The summed E-state index contributed by atoms with van der Waals surface area (Å²) in [7, 11) is -3.58. The Kier molecular flexibility index (Phi) is 2.72. The number of aryl methyl sites for hydroxylation is 1. The summed E-state index contributed by atoms with van der Waals surface area (Å²) in [6, 6.07) is 2.85. The van der Waals surface area contributed by atoms with Crippen LogP contribution in [0.2, 0.25) is 0 Å². The molecule has 1 aliphatic rings. The maximum atomic E-state index is 12.5. The van der Waals surface area contributed by atoms with E-state index in [4.69, 9.17) is 0 Å². The van der Waals surface area contributed by atoms with Gasteiger partial charge < -0.3 is 0 Å². The molecule has 0 aromatic heterocycles. The zero-order chi connectivity index (χ0) is 12.8. The normalized spacial score (nSPS) is 17.2. The molecule has 1 fully saturated rings. The Hall–Kier alpha value is -1.04. The summed E-state index contributed by atoms with van der Waals surface area (Å²) in [5.74, 6) is 0. The molecule has 1 aromatic carbocycles. The minimum absolute atomic E-state index is 0.185. The van der Waals surface area contributed by atoms with Gasteiger partial charge in [-0.2, -0.15) is 13.2 Å². The largest absolute Gasteiger partial charge is 0.416 e. The van der Waals surface area contributed by atoms with E-state index in [1.807, 2.05) is 0 Å². The molecule has 0 heterocycles. The van der Waals surface area contributed by atoms with E-state index in [0.29, 0.717) is 18.4 Å². The third-order valence-corrected chi connectivity index (χ3v) is 5.19. The van der Waals surface area contributed by atoms with Gasteiger partial charge in [0.25, 0.3) is 0 Å². The Morgan fingerprint density at radius 2 is 1.82 bits per heavy atom. The first-order valence-corrected chi connectivity index (χ1v) is 6.69. The molecule has 0 unspecified atom stereocenters. The zero-order valence-corrected chi connectivity index (χ0v) is 9.90. The minimum atomic E-state index is -4.51. The number of rotatable bonds is 2. The van der Waals surface area contributed by atoms with Gasteiger partial charge in [-0.1, -0.05) is 6.07 Å². The molecular weight excluding hydrogens is 253 g/mol. The van der Waals surface area contributed by atoms with Gasteiger partial charge in [0.05, 0.1) is 15.7 Å². The van der Waals surface area contributed by atoms with Gasteiger partial charge in [-0.25, -0.2) is 8.42 Å². The molecule has 1 aliphatic carbocycles. The molecular formula is C11H11F3O2S. The van der Waals surface area contributed by atoms with Crippen molar-refractivity contribution in [3.05, 3.63) is 29.3 Å². The quantitative estimate of drug-likeness (QED) is 0.823. The van der Waals surface area contributed by atoms with E-state index < -0.39 is 26.8 Å². The van der Waals surface area contributed by atoms with Gasteiger partial charge in [-0.3, -0.25) is 0 Å². The Balaban J connectivity index is 2.54. The molecule has 0 aliphatic heterocycles. The lowest BCUT2D eigenvalue weighted by Crippen LogP contribution is -2.12. The summed E-state index contributed by atoms with van der Waals surface area (Å²) < 4.78 is 61.4. The molecule has 2 nitrogen and oxygen atoms in total. The molecule has 0 radical (unpaired) electrons. The van der Waals surface area contributed by atoms with Crippen LogP contribution in [0.25, 0.3) is 0 Å². The minimum Gasteiger partial charge on any atom is -0.223 e. The van der Waals surface area contributed by atoms with Crippen LogP contribution in [0.3, 0.4) is 0 Å². The van der Waals surface area contributed by atoms with Crippen LogP contribution in [0, 0.1) is 6.92 Å². The van der Waals surface area contributed by atoms with Gasteiger partial charge in [0, 0.05) is 0 Å². The summed E-state index contributed by atoms with van der Waals surface area (Å²) in [6.07, 6.45) is -3.43. The number of benzene rings is 1. The van der Waals surface area contributed by atoms with Crippen molar-refractivity contribution >= 4 is 9.84 Å². The highest BCUT2D eigenvalue weighted by Gasteiger charge is 2.39. The molecule has 1 saturated carbocycles. The summed E-state index contributed by atoms with van der Waals surface area (Å²) in [6.45, 7) is 1.51. The highest BCUT2D eigenvalue weighted by Crippen LogP contribution is 2.37. The molecule has 0 bridgehead atoms. The van der Waals surface area contributed by atoms with E-state index in [0.717, 1.165) is 12.1 Å². The van der Waals surface area contributed by atoms with Crippen LogP contribution in [-0.2, 0) is 16.0 Å². The van der Waals surface area contributed by atoms with Crippen molar-refractivity contribution in [1.82, 2.24) is 0 Å².